The Labute approximate surface area is 98.7 Å². The van der Waals surface area contributed by atoms with Crippen LogP contribution < -0.4 is 0 Å². The Morgan fingerprint density at radius 2 is 1.40 bits per heavy atom. The first-order valence-corrected chi connectivity index (χ1v) is 6.30. The number of rotatable bonds is 2. The van der Waals surface area contributed by atoms with Crippen molar-refractivity contribution in [2.45, 2.75) is 44.2 Å². The zero-order valence-corrected chi connectivity index (χ0v) is 10.2. The highest BCUT2D eigenvalue weighted by molar-refractivity contribution is 14.1. The standard InChI is InChI=1S/C9H12F5I/c10-8(11,9(12,13)14)7(6-15)4-2-1-3-5-7/h1-6H2. The topological polar surface area (TPSA) is 0 Å². The van der Waals surface area contributed by atoms with E-state index in [2.05, 4.69) is 0 Å². The third-order valence-corrected chi connectivity index (χ3v) is 4.55. The molecule has 0 bridgehead atoms. The Kier molecular flexibility index (Phi) is 3.88. The van der Waals surface area contributed by atoms with Crippen molar-refractivity contribution in [3.63, 3.8) is 0 Å². The molecular formula is C9H12F5I. The molecule has 0 radical (unpaired) electrons. The van der Waals surface area contributed by atoms with Gasteiger partial charge in [0.1, 0.15) is 0 Å². The number of alkyl halides is 6. The first-order valence-electron chi connectivity index (χ1n) is 4.77. The molecule has 1 aliphatic carbocycles. The first kappa shape index (κ1) is 13.4. The zero-order valence-electron chi connectivity index (χ0n) is 8.01. The molecule has 0 saturated heterocycles. The fourth-order valence-corrected chi connectivity index (χ4v) is 3.30. The minimum Gasteiger partial charge on any atom is -0.196 e. The van der Waals surface area contributed by atoms with E-state index < -0.39 is 17.5 Å². The Morgan fingerprint density at radius 3 is 1.73 bits per heavy atom. The summed E-state index contributed by atoms with van der Waals surface area (Å²) in [5.74, 6) is -4.55. The highest BCUT2D eigenvalue weighted by Crippen LogP contribution is 2.55. The largest absolute Gasteiger partial charge is 0.453 e. The summed E-state index contributed by atoms with van der Waals surface area (Å²) in [4.78, 5) is 0. The molecule has 0 unspecified atom stereocenters. The van der Waals surface area contributed by atoms with Crippen LogP contribution in [0.3, 0.4) is 0 Å². The predicted molar refractivity (Wildman–Crippen MR) is 55.4 cm³/mol. The van der Waals surface area contributed by atoms with E-state index in [4.69, 9.17) is 0 Å². The molecule has 1 rings (SSSR count). The van der Waals surface area contributed by atoms with Gasteiger partial charge in [-0.15, -0.1) is 0 Å². The van der Waals surface area contributed by atoms with Crippen molar-refractivity contribution in [3.05, 3.63) is 0 Å². The van der Waals surface area contributed by atoms with E-state index in [0.29, 0.717) is 12.8 Å². The highest BCUT2D eigenvalue weighted by Gasteiger charge is 2.68. The molecule has 0 aliphatic heterocycles. The smallest absolute Gasteiger partial charge is 0.196 e. The Balaban J connectivity index is 2.98. The van der Waals surface area contributed by atoms with Crippen LogP contribution in [0.4, 0.5) is 22.0 Å². The SMILES string of the molecule is FC(F)(F)C(F)(F)C1(CI)CCCCC1. The van der Waals surface area contributed by atoms with E-state index >= 15 is 0 Å². The van der Waals surface area contributed by atoms with Crippen LogP contribution in [0.15, 0.2) is 0 Å². The van der Waals surface area contributed by atoms with E-state index in [1.807, 2.05) is 0 Å². The lowest BCUT2D eigenvalue weighted by atomic mass is 9.71. The van der Waals surface area contributed by atoms with Crippen LogP contribution in [-0.2, 0) is 0 Å². The van der Waals surface area contributed by atoms with Gasteiger partial charge in [-0.3, -0.25) is 0 Å². The summed E-state index contributed by atoms with van der Waals surface area (Å²) in [5, 5.41) is 0. The Bertz CT molecular complexity index is 217. The zero-order chi connectivity index (χ0) is 11.7. The Morgan fingerprint density at radius 1 is 0.933 bits per heavy atom. The van der Waals surface area contributed by atoms with Gasteiger partial charge >= 0.3 is 12.1 Å². The molecule has 0 aromatic rings. The summed E-state index contributed by atoms with van der Waals surface area (Å²) >= 11 is 1.64. The molecular weight excluding hydrogens is 330 g/mol. The molecule has 0 amide bonds. The van der Waals surface area contributed by atoms with Crippen molar-refractivity contribution >= 4 is 22.6 Å². The number of hydrogen-bond acceptors (Lipinski definition) is 0. The average molecular weight is 342 g/mol. The maximum atomic E-state index is 13.3. The van der Waals surface area contributed by atoms with E-state index in [1.54, 1.807) is 22.6 Å². The van der Waals surface area contributed by atoms with Gasteiger partial charge in [0.05, 0.1) is 5.41 Å². The van der Waals surface area contributed by atoms with Crippen LogP contribution in [0.25, 0.3) is 0 Å². The van der Waals surface area contributed by atoms with Gasteiger partial charge in [-0.05, 0) is 12.8 Å². The second-order valence-electron chi connectivity index (χ2n) is 4.05. The molecule has 1 fully saturated rings. The summed E-state index contributed by atoms with van der Waals surface area (Å²) in [6.07, 6.45) is -3.78. The van der Waals surface area contributed by atoms with Crippen LogP contribution in [0.5, 0.6) is 0 Å². The molecule has 15 heavy (non-hydrogen) atoms. The average Bonchev–Trinajstić information content (AvgIpc) is 2.17. The highest BCUT2D eigenvalue weighted by atomic mass is 127. The van der Waals surface area contributed by atoms with Gasteiger partial charge in [-0.1, -0.05) is 41.9 Å². The van der Waals surface area contributed by atoms with Crippen LogP contribution in [0.2, 0.25) is 0 Å². The normalized spacial score (nSPS) is 22.8. The van der Waals surface area contributed by atoms with Gasteiger partial charge in [0.15, 0.2) is 0 Å². The molecule has 90 valence electrons. The summed E-state index contributed by atoms with van der Waals surface area (Å²) in [6, 6.07) is 0. The van der Waals surface area contributed by atoms with E-state index in [-0.39, 0.29) is 17.3 Å². The van der Waals surface area contributed by atoms with Crippen molar-refractivity contribution in [2.75, 3.05) is 4.43 Å². The molecule has 0 aromatic heterocycles. The lowest BCUT2D eigenvalue weighted by Gasteiger charge is -2.42. The molecule has 0 aromatic carbocycles. The fourth-order valence-electron chi connectivity index (χ4n) is 2.06. The first-order chi connectivity index (χ1) is 6.77. The maximum absolute atomic E-state index is 13.3. The van der Waals surface area contributed by atoms with Gasteiger partial charge in [0.2, 0.25) is 0 Å². The molecule has 0 spiro atoms. The quantitative estimate of drug-likeness (QED) is 0.392. The number of hydrogen-bond donors (Lipinski definition) is 0. The third-order valence-electron chi connectivity index (χ3n) is 3.09. The molecule has 0 heterocycles. The van der Waals surface area contributed by atoms with Crippen LogP contribution in [0.1, 0.15) is 32.1 Å². The fraction of sp³-hybridized carbons (Fsp3) is 1.00. The molecule has 1 aliphatic rings. The lowest BCUT2D eigenvalue weighted by Crippen LogP contribution is -2.53. The Hall–Kier alpha value is 0.380. The summed E-state index contributed by atoms with van der Waals surface area (Å²) < 4.78 is 63.4. The summed E-state index contributed by atoms with van der Waals surface area (Å²) in [6.45, 7) is 0. The molecule has 0 nitrogen and oxygen atoms in total. The van der Waals surface area contributed by atoms with Crippen molar-refractivity contribution < 1.29 is 22.0 Å². The van der Waals surface area contributed by atoms with Crippen LogP contribution in [0, 0.1) is 5.41 Å². The van der Waals surface area contributed by atoms with Gasteiger partial charge in [-0.2, -0.15) is 22.0 Å². The van der Waals surface area contributed by atoms with Crippen molar-refractivity contribution in [2.24, 2.45) is 5.41 Å². The predicted octanol–water partition coefficient (Wildman–Crippen LogP) is 4.57. The third kappa shape index (κ3) is 2.24. The summed E-state index contributed by atoms with van der Waals surface area (Å²) in [5.41, 5.74) is -1.87. The van der Waals surface area contributed by atoms with Gasteiger partial charge in [0.25, 0.3) is 0 Å². The number of halogens is 6. The second kappa shape index (κ2) is 4.33. The van der Waals surface area contributed by atoms with Gasteiger partial charge in [0, 0.05) is 4.43 Å². The monoisotopic (exact) mass is 342 g/mol. The molecule has 0 N–H and O–H groups in total. The van der Waals surface area contributed by atoms with Crippen molar-refractivity contribution in [1.29, 1.82) is 0 Å². The van der Waals surface area contributed by atoms with Crippen LogP contribution >= 0.6 is 22.6 Å². The lowest BCUT2D eigenvalue weighted by molar-refractivity contribution is -0.326. The summed E-state index contributed by atoms with van der Waals surface area (Å²) in [7, 11) is 0. The molecule has 6 heteroatoms. The minimum atomic E-state index is -5.42. The van der Waals surface area contributed by atoms with Crippen molar-refractivity contribution in [1.82, 2.24) is 0 Å². The minimum absolute atomic E-state index is 0.0253. The van der Waals surface area contributed by atoms with Gasteiger partial charge < -0.3 is 0 Å². The maximum Gasteiger partial charge on any atom is 0.453 e. The molecule has 0 atom stereocenters. The molecule has 1 saturated carbocycles. The van der Waals surface area contributed by atoms with E-state index in [0.717, 1.165) is 6.42 Å². The van der Waals surface area contributed by atoms with Crippen LogP contribution in [-0.4, -0.2) is 16.5 Å². The van der Waals surface area contributed by atoms with E-state index in [9.17, 15) is 22.0 Å². The van der Waals surface area contributed by atoms with E-state index in [1.165, 1.54) is 0 Å². The van der Waals surface area contributed by atoms with Crippen molar-refractivity contribution in [3.8, 4) is 0 Å². The second-order valence-corrected chi connectivity index (χ2v) is 4.81. The van der Waals surface area contributed by atoms with Gasteiger partial charge in [-0.25, -0.2) is 0 Å².